The van der Waals surface area contributed by atoms with E-state index < -0.39 is 41.5 Å². The lowest BCUT2D eigenvalue weighted by atomic mass is 10.0. The number of ether oxygens (including phenoxy) is 2. The number of hydrogen-bond donors (Lipinski definition) is 1. The molecular formula is C27H20F6N2O5. The summed E-state index contributed by atoms with van der Waals surface area (Å²) in [6.07, 6.45) is -11.4. The van der Waals surface area contributed by atoms with Gasteiger partial charge in [0.2, 0.25) is 17.9 Å². The van der Waals surface area contributed by atoms with Crippen molar-refractivity contribution in [1.82, 2.24) is 10.3 Å². The molecule has 1 aromatic heterocycles. The maximum Gasteiger partial charge on any atom is 0.416 e. The molecule has 0 aliphatic carbocycles. The normalized spacial score (nSPS) is 12.7. The molecule has 0 saturated heterocycles. The Labute approximate surface area is 222 Å². The molecule has 1 heterocycles. The second-order valence-corrected chi connectivity index (χ2v) is 8.47. The molecule has 1 unspecified atom stereocenters. The van der Waals surface area contributed by atoms with Crippen LogP contribution in [0.15, 0.2) is 71.1 Å². The number of amides is 1. The monoisotopic (exact) mass is 566 g/mol. The molecule has 0 aliphatic rings. The summed E-state index contributed by atoms with van der Waals surface area (Å²) >= 11 is 0. The fourth-order valence-electron chi connectivity index (χ4n) is 3.68. The molecule has 0 bridgehead atoms. The van der Waals surface area contributed by atoms with Gasteiger partial charge in [0, 0.05) is 12.5 Å². The molecule has 0 spiro atoms. The lowest BCUT2D eigenvalue weighted by molar-refractivity contribution is -0.152. The van der Waals surface area contributed by atoms with Crippen LogP contribution >= 0.6 is 0 Å². The number of esters is 1. The van der Waals surface area contributed by atoms with Gasteiger partial charge in [-0.05, 0) is 42.5 Å². The van der Waals surface area contributed by atoms with Crippen LogP contribution in [0.2, 0.25) is 0 Å². The molecule has 3 aromatic carbocycles. The number of fused-ring (bicyclic) bond motifs is 1. The number of carbonyl (C=O) groups excluding carboxylic acids is 2. The zero-order valence-electron chi connectivity index (χ0n) is 20.6. The summed E-state index contributed by atoms with van der Waals surface area (Å²) in [6, 6.07) is 12.3. The Bertz CT molecular complexity index is 1500. The van der Waals surface area contributed by atoms with E-state index in [4.69, 9.17) is 13.9 Å². The van der Waals surface area contributed by atoms with E-state index in [2.05, 4.69) is 10.3 Å². The predicted octanol–water partition coefficient (Wildman–Crippen LogP) is 6.33. The number of benzene rings is 3. The highest BCUT2D eigenvalue weighted by atomic mass is 19.4. The first-order valence-corrected chi connectivity index (χ1v) is 11.6. The fraction of sp³-hybridized carbons (Fsp3) is 0.222. The van der Waals surface area contributed by atoms with Crippen molar-refractivity contribution in [3.8, 4) is 17.2 Å². The Hall–Kier alpha value is -4.55. The number of hydrogen-bond acceptors (Lipinski definition) is 6. The molecule has 40 heavy (non-hydrogen) atoms. The summed E-state index contributed by atoms with van der Waals surface area (Å²) in [5.41, 5.74) is -2.15. The van der Waals surface area contributed by atoms with Gasteiger partial charge in [-0.3, -0.25) is 4.79 Å². The van der Waals surface area contributed by atoms with Gasteiger partial charge in [0.05, 0.1) is 23.2 Å². The van der Waals surface area contributed by atoms with Gasteiger partial charge in [-0.2, -0.15) is 26.3 Å². The molecule has 13 heteroatoms. The zero-order valence-corrected chi connectivity index (χ0v) is 20.6. The minimum absolute atomic E-state index is 0.0924. The lowest BCUT2D eigenvalue weighted by Gasteiger charge is -2.21. The Balaban J connectivity index is 1.77. The van der Waals surface area contributed by atoms with Crippen molar-refractivity contribution < 1.29 is 49.8 Å². The molecule has 1 N–H and O–H groups in total. The number of rotatable bonds is 8. The van der Waals surface area contributed by atoms with Crippen molar-refractivity contribution >= 4 is 23.0 Å². The van der Waals surface area contributed by atoms with Crippen molar-refractivity contribution in [2.45, 2.75) is 25.4 Å². The van der Waals surface area contributed by atoms with Crippen LogP contribution in [0, 0.1) is 0 Å². The highest BCUT2D eigenvalue weighted by molar-refractivity contribution is 5.80. The number of halogens is 6. The number of nitrogens with one attached hydrogen (secondary N) is 1. The molecule has 0 radical (unpaired) electrons. The highest BCUT2D eigenvalue weighted by Crippen LogP contribution is 2.40. The van der Waals surface area contributed by atoms with Gasteiger partial charge in [0.15, 0.2) is 5.58 Å². The van der Waals surface area contributed by atoms with Gasteiger partial charge < -0.3 is 19.2 Å². The SMILES string of the molecule is CC(=O)NCCOC(=O)C(Oc1ccc(C(F)(F)F)cc1-c1nc2ccccc2o1)c1cccc(C(F)(F)F)c1. The minimum Gasteiger partial charge on any atom is -0.473 e. The Morgan fingerprint density at radius 1 is 0.925 bits per heavy atom. The Morgan fingerprint density at radius 3 is 2.30 bits per heavy atom. The third-order valence-corrected chi connectivity index (χ3v) is 5.53. The van der Waals surface area contributed by atoms with Gasteiger partial charge in [0.1, 0.15) is 17.9 Å². The predicted molar refractivity (Wildman–Crippen MR) is 129 cm³/mol. The smallest absolute Gasteiger partial charge is 0.416 e. The average molecular weight is 566 g/mol. The maximum absolute atomic E-state index is 13.6. The van der Waals surface area contributed by atoms with E-state index in [1.807, 2.05) is 0 Å². The molecule has 0 fully saturated rings. The van der Waals surface area contributed by atoms with Crippen LogP contribution in [0.25, 0.3) is 22.6 Å². The quantitative estimate of drug-likeness (QED) is 0.152. The van der Waals surface area contributed by atoms with Crippen molar-refractivity contribution in [3.63, 3.8) is 0 Å². The van der Waals surface area contributed by atoms with Crippen LogP contribution in [0.1, 0.15) is 29.7 Å². The first kappa shape index (κ1) is 28.5. The van der Waals surface area contributed by atoms with Crippen molar-refractivity contribution in [2.24, 2.45) is 0 Å². The summed E-state index contributed by atoms with van der Waals surface area (Å²) in [6.45, 7) is 0.793. The summed E-state index contributed by atoms with van der Waals surface area (Å²) in [5.74, 6) is -2.16. The molecule has 1 amide bonds. The van der Waals surface area contributed by atoms with Gasteiger partial charge in [-0.1, -0.05) is 24.3 Å². The first-order chi connectivity index (χ1) is 18.8. The molecular weight excluding hydrogens is 546 g/mol. The standard InChI is InChI=1S/C27H20F6N2O5/c1-15(36)34-11-12-38-25(37)23(16-5-4-6-17(13-16)26(28,29)30)39-21-10-9-18(27(31,32)33)14-19(21)24-35-20-7-2-3-8-22(20)40-24/h2-10,13-14,23H,11-12H2,1H3,(H,34,36). The molecule has 0 aliphatic heterocycles. The number of nitrogens with zero attached hydrogens (tertiary/aromatic N) is 1. The second-order valence-electron chi connectivity index (χ2n) is 8.47. The third kappa shape index (κ3) is 6.71. The summed E-state index contributed by atoms with van der Waals surface area (Å²) in [7, 11) is 0. The molecule has 210 valence electrons. The van der Waals surface area contributed by atoms with E-state index in [0.29, 0.717) is 23.7 Å². The van der Waals surface area contributed by atoms with E-state index in [0.717, 1.165) is 18.2 Å². The van der Waals surface area contributed by atoms with E-state index >= 15 is 0 Å². The van der Waals surface area contributed by atoms with E-state index in [-0.39, 0.29) is 41.5 Å². The van der Waals surface area contributed by atoms with Crippen LogP contribution < -0.4 is 10.1 Å². The molecule has 1 atom stereocenters. The van der Waals surface area contributed by atoms with E-state index in [1.54, 1.807) is 18.2 Å². The van der Waals surface area contributed by atoms with Crippen LogP contribution in [0.5, 0.6) is 5.75 Å². The van der Waals surface area contributed by atoms with Gasteiger partial charge >= 0.3 is 18.3 Å². The molecule has 4 aromatic rings. The number of aromatic nitrogens is 1. The van der Waals surface area contributed by atoms with Crippen molar-refractivity contribution in [2.75, 3.05) is 13.2 Å². The van der Waals surface area contributed by atoms with E-state index in [1.165, 1.54) is 19.1 Å². The van der Waals surface area contributed by atoms with Crippen LogP contribution in [0.3, 0.4) is 0 Å². The zero-order chi connectivity index (χ0) is 29.1. The number of oxazole rings is 1. The largest absolute Gasteiger partial charge is 0.473 e. The van der Waals surface area contributed by atoms with Gasteiger partial charge in [-0.25, -0.2) is 9.78 Å². The van der Waals surface area contributed by atoms with Crippen LogP contribution in [-0.4, -0.2) is 30.0 Å². The molecule has 4 rings (SSSR count). The average Bonchev–Trinajstić information content (AvgIpc) is 3.33. The lowest BCUT2D eigenvalue weighted by Crippen LogP contribution is -2.28. The number of para-hydroxylation sites is 2. The summed E-state index contributed by atoms with van der Waals surface area (Å²) < 4.78 is 97.4. The fourth-order valence-corrected chi connectivity index (χ4v) is 3.68. The van der Waals surface area contributed by atoms with Crippen molar-refractivity contribution in [3.05, 3.63) is 83.4 Å². The second kappa shape index (κ2) is 11.3. The van der Waals surface area contributed by atoms with Crippen LogP contribution in [-0.2, 0) is 26.7 Å². The number of carbonyl (C=O) groups is 2. The third-order valence-electron chi connectivity index (χ3n) is 5.53. The Kier molecular flexibility index (Phi) is 8.03. The van der Waals surface area contributed by atoms with Crippen LogP contribution in [0.4, 0.5) is 26.3 Å². The van der Waals surface area contributed by atoms with Gasteiger partial charge in [-0.15, -0.1) is 0 Å². The highest BCUT2D eigenvalue weighted by Gasteiger charge is 2.35. The molecule has 0 saturated carbocycles. The van der Waals surface area contributed by atoms with Crippen molar-refractivity contribution in [1.29, 1.82) is 0 Å². The molecule has 7 nitrogen and oxygen atoms in total. The summed E-state index contributed by atoms with van der Waals surface area (Å²) in [5, 5.41) is 2.39. The Morgan fingerprint density at radius 2 is 1.62 bits per heavy atom. The minimum atomic E-state index is -4.76. The van der Waals surface area contributed by atoms with Gasteiger partial charge in [0.25, 0.3) is 0 Å². The van der Waals surface area contributed by atoms with E-state index in [9.17, 15) is 35.9 Å². The first-order valence-electron chi connectivity index (χ1n) is 11.6. The summed E-state index contributed by atoms with van der Waals surface area (Å²) in [4.78, 5) is 28.3. The maximum atomic E-state index is 13.6. The number of alkyl halides is 6. The topological polar surface area (TPSA) is 90.7 Å².